The van der Waals surface area contributed by atoms with Crippen LogP contribution in [0.1, 0.15) is 31.0 Å². The van der Waals surface area contributed by atoms with Crippen LogP contribution in [0.2, 0.25) is 10.0 Å². The Morgan fingerprint density at radius 2 is 1.89 bits per heavy atom. The molecule has 1 aromatic carbocycles. The molecule has 0 amide bonds. The summed E-state index contributed by atoms with van der Waals surface area (Å²) in [7, 11) is 1.99. The van der Waals surface area contributed by atoms with Crippen LogP contribution in [0.4, 0.5) is 11.6 Å². The maximum Gasteiger partial charge on any atom is 0.154 e. The zero-order valence-corrected chi connectivity index (χ0v) is 17.0. The van der Waals surface area contributed by atoms with Crippen molar-refractivity contribution in [3.05, 3.63) is 45.7 Å². The number of nitrogens with two attached hydrogens (primary N) is 1. The summed E-state index contributed by atoms with van der Waals surface area (Å²) in [5, 5.41) is 12.6. The first-order valence-corrected chi connectivity index (χ1v) is 9.64. The molecule has 8 heteroatoms. The summed E-state index contributed by atoms with van der Waals surface area (Å²) in [6.45, 7) is 5.13. The highest BCUT2D eigenvalue weighted by Gasteiger charge is 2.30. The summed E-state index contributed by atoms with van der Waals surface area (Å²) in [6.07, 6.45) is 3.84. The molecule has 4 N–H and O–H groups in total. The Hall–Kier alpha value is -1.89. The second-order valence-corrected chi connectivity index (χ2v) is 8.20. The van der Waals surface area contributed by atoms with Crippen LogP contribution >= 0.6 is 23.2 Å². The molecule has 0 radical (unpaired) electrons. The van der Waals surface area contributed by atoms with Crippen LogP contribution < -0.4 is 16.0 Å². The van der Waals surface area contributed by atoms with Crippen LogP contribution in [-0.2, 0) is 0 Å². The fourth-order valence-electron chi connectivity index (χ4n) is 3.45. The quantitative estimate of drug-likeness (QED) is 0.659. The number of hydrogen-bond acceptors (Lipinski definition) is 6. The predicted octanol–water partition coefficient (Wildman–Crippen LogP) is 3.61. The number of nitrogen functional groups attached to an aromatic ring is 1. The largest absolute Gasteiger partial charge is 0.382 e. The van der Waals surface area contributed by atoms with Gasteiger partial charge in [0.15, 0.2) is 5.82 Å². The van der Waals surface area contributed by atoms with Crippen LogP contribution in [0.5, 0.6) is 0 Å². The van der Waals surface area contributed by atoms with Crippen molar-refractivity contribution >= 4 is 40.5 Å². The molecule has 1 saturated heterocycles. The molecule has 1 fully saturated rings. The topological polar surface area (TPSA) is 90.9 Å². The van der Waals surface area contributed by atoms with E-state index in [9.17, 15) is 0 Å². The maximum atomic E-state index is 8.40. The van der Waals surface area contributed by atoms with Gasteiger partial charge in [-0.2, -0.15) is 0 Å². The first-order chi connectivity index (χ1) is 12.8. The van der Waals surface area contributed by atoms with Crippen LogP contribution in [0, 0.1) is 10.8 Å². The molecule has 0 unspecified atom stereocenters. The minimum atomic E-state index is 0.149. The summed E-state index contributed by atoms with van der Waals surface area (Å²) in [6, 6.07) is 4.95. The number of anilines is 2. The summed E-state index contributed by atoms with van der Waals surface area (Å²) in [5.41, 5.74) is 7.46. The van der Waals surface area contributed by atoms with E-state index in [-0.39, 0.29) is 11.5 Å². The third-order valence-corrected chi connectivity index (χ3v) is 5.51. The van der Waals surface area contributed by atoms with Gasteiger partial charge in [-0.1, -0.05) is 30.1 Å². The van der Waals surface area contributed by atoms with Gasteiger partial charge in [-0.05, 0) is 43.5 Å². The molecule has 2 aromatic rings. The van der Waals surface area contributed by atoms with E-state index in [0.29, 0.717) is 26.7 Å². The minimum absolute atomic E-state index is 0.149. The molecular formula is C19H24Cl2N6. The fourth-order valence-corrected chi connectivity index (χ4v) is 3.98. The average molecular weight is 407 g/mol. The molecule has 0 spiro atoms. The van der Waals surface area contributed by atoms with Crippen molar-refractivity contribution < 1.29 is 0 Å². The minimum Gasteiger partial charge on any atom is -0.382 e. The molecule has 3 rings (SSSR count). The van der Waals surface area contributed by atoms with Crippen LogP contribution in [-0.4, -0.2) is 42.4 Å². The Balaban J connectivity index is 1.77. The first kappa shape index (κ1) is 19.9. The van der Waals surface area contributed by atoms with E-state index in [1.165, 1.54) is 0 Å². The number of nitrogens with zero attached hydrogens (tertiary/aromatic N) is 3. The third kappa shape index (κ3) is 4.51. The van der Waals surface area contributed by atoms with E-state index in [4.69, 9.17) is 34.3 Å². The Kier molecular flexibility index (Phi) is 5.89. The molecule has 0 saturated carbocycles. The van der Waals surface area contributed by atoms with Gasteiger partial charge in [-0.3, -0.25) is 5.41 Å². The van der Waals surface area contributed by atoms with Gasteiger partial charge in [0, 0.05) is 35.2 Å². The Morgan fingerprint density at radius 3 is 2.44 bits per heavy atom. The number of benzene rings is 1. The number of piperidine rings is 1. The number of halogens is 2. The van der Waals surface area contributed by atoms with Crippen LogP contribution in [0.3, 0.4) is 0 Å². The van der Waals surface area contributed by atoms with E-state index in [2.05, 4.69) is 27.1 Å². The number of rotatable bonds is 5. The molecule has 27 heavy (non-hydrogen) atoms. The number of hydrogen-bond donors (Lipinski definition) is 3. The van der Waals surface area contributed by atoms with Crippen molar-refractivity contribution in [2.24, 2.45) is 5.41 Å². The molecule has 144 valence electrons. The Labute approximate surface area is 169 Å². The number of aromatic nitrogens is 2. The van der Waals surface area contributed by atoms with E-state index in [1.807, 2.05) is 7.05 Å². The molecule has 1 aromatic heterocycles. The van der Waals surface area contributed by atoms with E-state index in [0.717, 1.165) is 38.3 Å². The SMILES string of the molecule is CNCC1(C)CCN(c2cnc(C(=N)c3cc(Cl)cc(Cl)c3)c(N)n2)CC1. The second kappa shape index (κ2) is 8.00. The highest BCUT2D eigenvalue weighted by molar-refractivity contribution is 6.35. The third-order valence-electron chi connectivity index (χ3n) is 5.07. The summed E-state index contributed by atoms with van der Waals surface area (Å²) in [5.74, 6) is 0.983. The molecule has 0 aliphatic carbocycles. The lowest BCUT2D eigenvalue weighted by Crippen LogP contribution is -2.43. The lowest BCUT2D eigenvalue weighted by Gasteiger charge is -2.39. The van der Waals surface area contributed by atoms with Crippen LogP contribution in [0.25, 0.3) is 0 Å². The Bertz CT molecular complexity index is 826. The molecule has 1 aliphatic heterocycles. The lowest BCUT2D eigenvalue weighted by molar-refractivity contribution is 0.242. The molecular weight excluding hydrogens is 383 g/mol. The highest BCUT2D eigenvalue weighted by atomic mass is 35.5. The van der Waals surface area contributed by atoms with Gasteiger partial charge in [-0.15, -0.1) is 0 Å². The predicted molar refractivity (Wildman–Crippen MR) is 112 cm³/mol. The van der Waals surface area contributed by atoms with Gasteiger partial charge >= 0.3 is 0 Å². The summed E-state index contributed by atoms with van der Waals surface area (Å²) < 4.78 is 0. The molecule has 0 bridgehead atoms. The summed E-state index contributed by atoms with van der Waals surface area (Å²) >= 11 is 12.1. The molecule has 0 atom stereocenters. The van der Waals surface area contributed by atoms with Gasteiger partial charge in [0.2, 0.25) is 0 Å². The Morgan fingerprint density at radius 1 is 1.26 bits per heavy atom. The van der Waals surface area contributed by atoms with E-state index in [1.54, 1.807) is 24.4 Å². The molecule has 2 heterocycles. The van der Waals surface area contributed by atoms with Crippen molar-refractivity contribution in [3.63, 3.8) is 0 Å². The van der Waals surface area contributed by atoms with Gasteiger partial charge in [0.05, 0.1) is 11.9 Å². The van der Waals surface area contributed by atoms with E-state index >= 15 is 0 Å². The first-order valence-electron chi connectivity index (χ1n) is 8.89. The van der Waals surface area contributed by atoms with Crippen molar-refractivity contribution in [1.29, 1.82) is 5.41 Å². The molecule has 6 nitrogen and oxygen atoms in total. The zero-order valence-electron chi connectivity index (χ0n) is 15.5. The fraction of sp³-hybridized carbons (Fsp3) is 0.421. The lowest BCUT2D eigenvalue weighted by atomic mass is 9.80. The highest BCUT2D eigenvalue weighted by Crippen LogP contribution is 2.32. The second-order valence-electron chi connectivity index (χ2n) is 7.32. The summed E-state index contributed by atoms with van der Waals surface area (Å²) in [4.78, 5) is 11.1. The monoisotopic (exact) mass is 406 g/mol. The van der Waals surface area contributed by atoms with Crippen LogP contribution in [0.15, 0.2) is 24.4 Å². The van der Waals surface area contributed by atoms with Gasteiger partial charge in [0.1, 0.15) is 11.5 Å². The van der Waals surface area contributed by atoms with Crippen molar-refractivity contribution in [2.75, 3.05) is 37.3 Å². The molecule has 1 aliphatic rings. The standard InChI is InChI=1S/C19H24Cl2N6/c1-19(11-24-2)3-5-27(6-4-19)15-10-25-17(18(23)26-15)16(22)12-7-13(20)9-14(21)8-12/h7-10,22,24H,3-6,11H2,1-2H3,(H2,23,26). The van der Waals surface area contributed by atoms with Gasteiger partial charge < -0.3 is 16.0 Å². The van der Waals surface area contributed by atoms with Crippen molar-refractivity contribution in [2.45, 2.75) is 19.8 Å². The average Bonchev–Trinajstić information content (AvgIpc) is 2.61. The van der Waals surface area contributed by atoms with Crippen molar-refractivity contribution in [3.8, 4) is 0 Å². The van der Waals surface area contributed by atoms with Crippen molar-refractivity contribution in [1.82, 2.24) is 15.3 Å². The normalized spacial score (nSPS) is 16.4. The zero-order chi connectivity index (χ0) is 19.6. The van der Waals surface area contributed by atoms with Gasteiger partial charge in [0.25, 0.3) is 0 Å². The van der Waals surface area contributed by atoms with Gasteiger partial charge in [-0.25, -0.2) is 9.97 Å². The number of nitrogens with one attached hydrogen (secondary N) is 2. The maximum absolute atomic E-state index is 8.40. The van der Waals surface area contributed by atoms with E-state index < -0.39 is 0 Å². The smallest absolute Gasteiger partial charge is 0.154 e.